The molecule has 0 radical (unpaired) electrons. The van der Waals surface area contributed by atoms with E-state index in [9.17, 15) is 0 Å². The average Bonchev–Trinajstić information content (AvgIpc) is 3.52. The van der Waals surface area contributed by atoms with Crippen LogP contribution in [0.5, 0.6) is 0 Å². The van der Waals surface area contributed by atoms with Crippen molar-refractivity contribution in [1.29, 1.82) is 0 Å². The molecule has 8 aliphatic rings. The molecule has 4 unspecified atom stereocenters. The van der Waals surface area contributed by atoms with Crippen LogP contribution >= 0.6 is 0 Å². The van der Waals surface area contributed by atoms with E-state index in [1.54, 1.807) is 27.5 Å². The molecule has 3 heterocycles. The summed E-state index contributed by atoms with van der Waals surface area (Å²) in [6.45, 7) is 0. The van der Waals surface area contributed by atoms with Crippen molar-refractivity contribution in [3.8, 4) is 22.3 Å². The van der Waals surface area contributed by atoms with Gasteiger partial charge >= 0.3 is 0 Å². The van der Waals surface area contributed by atoms with Crippen LogP contribution in [-0.2, 0) is 0 Å². The molecule has 0 aliphatic heterocycles. The molecule has 15 rings (SSSR count). The molecular formula is C47H42N2. The van der Waals surface area contributed by atoms with Crippen LogP contribution < -0.4 is 0 Å². The second kappa shape index (κ2) is 9.33. The molecule has 8 aliphatic carbocycles. The van der Waals surface area contributed by atoms with Gasteiger partial charge in [-0.05, 0) is 157 Å². The van der Waals surface area contributed by atoms with Gasteiger partial charge in [0.2, 0.25) is 0 Å². The van der Waals surface area contributed by atoms with Crippen LogP contribution in [-0.4, -0.2) is 9.38 Å². The van der Waals surface area contributed by atoms with Gasteiger partial charge < -0.3 is 4.40 Å². The molecule has 4 atom stereocenters. The summed E-state index contributed by atoms with van der Waals surface area (Å²) in [7, 11) is 0. The van der Waals surface area contributed by atoms with Crippen LogP contribution in [0.15, 0.2) is 85.1 Å². The molecule has 3 aromatic heterocycles. The molecule has 4 aromatic carbocycles. The van der Waals surface area contributed by atoms with E-state index in [1.807, 2.05) is 0 Å². The first-order valence-corrected chi connectivity index (χ1v) is 19.6. The molecule has 2 nitrogen and oxygen atoms in total. The Morgan fingerprint density at radius 2 is 1.00 bits per heavy atom. The first kappa shape index (κ1) is 26.7. The fourth-order valence-corrected chi connectivity index (χ4v) is 13.7. The third-order valence-corrected chi connectivity index (χ3v) is 15.0. The molecule has 0 saturated heterocycles. The molecule has 7 aromatic rings. The summed E-state index contributed by atoms with van der Waals surface area (Å²) in [4.78, 5) is 5.54. The zero-order chi connectivity index (χ0) is 31.5. The van der Waals surface area contributed by atoms with Crippen LogP contribution in [0.2, 0.25) is 0 Å². The standard InChI is InChI=1S/C47H42N2/c1-3-7-29(8-4-1)36-23-37(30-9-5-2-6-10-30)43-45-39(24-48-46-34-21-27-14-28(22-34)20-33(19-27)41(45)46)49-38-12-11-35-31-15-25-13-26(16-31)18-32(17-25)40(35)44(38)42(36)47(43)49/h1-12,23-28,31-34H,13-22H2. The Hall–Kier alpha value is -4.17. The highest BCUT2D eigenvalue weighted by atomic mass is 14.9. The number of pyridine rings is 1. The zero-order valence-corrected chi connectivity index (χ0v) is 28.2. The van der Waals surface area contributed by atoms with E-state index in [-0.39, 0.29) is 0 Å². The van der Waals surface area contributed by atoms with Gasteiger partial charge in [-0.3, -0.25) is 4.98 Å². The van der Waals surface area contributed by atoms with Crippen molar-refractivity contribution in [2.45, 2.75) is 87.9 Å². The van der Waals surface area contributed by atoms with Gasteiger partial charge in [0.25, 0.3) is 0 Å². The first-order valence-electron chi connectivity index (χ1n) is 19.6. The molecule has 0 amide bonds. The first-order chi connectivity index (χ1) is 24.2. The Balaban J connectivity index is 1.26. The van der Waals surface area contributed by atoms with Crippen LogP contribution in [0.25, 0.3) is 60.3 Å². The van der Waals surface area contributed by atoms with Gasteiger partial charge in [-0.25, -0.2) is 0 Å². The van der Waals surface area contributed by atoms with E-state index in [2.05, 4.69) is 89.5 Å². The smallest absolute Gasteiger partial charge is 0.0728 e. The molecule has 49 heavy (non-hydrogen) atoms. The van der Waals surface area contributed by atoms with Crippen molar-refractivity contribution in [2.24, 2.45) is 23.7 Å². The fourth-order valence-electron chi connectivity index (χ4n) is 13.7. The molecule has 8 bridgehead atoms. The van der Waals surface area contributed by atoms with Crippen molar-refractivity contribution in [3.05, 3.63) is 107 Å². The molecule has 240 valence electrons. The number of rotatable bonds is 2. The fraction of sp³-hybridized carbons (Fsp3) is 0.383. The lowest BCUT2D eigenvalue weighted by Crippen LogP contribution is -2.25. The monoisotopic (exact) mass is 634 g/mol. The average molecular weight is 635 g/mol. The molecule has 4 saturated carbocycles. The van der Waals surface area contributed by atoms with E-state index in [4.69, 9.17) is 4.98 Å². The molecule has 0 N–H and O–H groups in total. The lowest BCUT2D eigenvalue weighted by Gasteiger charge is -2.38. The van der Waals surface area contributed by atoms with Crippen molar-refractivity contribution < 1.29 is 0 Å². The number of aromatic nitrogens is 2. The molecular weight excluding hydrogens is 593 g/mol. The Morgan fingerprint density at radius 3 is 1.61 bits per heavy atom. The van der Waals surface area contributed by atoms with E-state index >= 15 is 0 Å². The SMILES string of the molecule is c1ccc(-c2cc(-c3ccccc3)c3c4c5c(ncc4n4c6ccc7c(c6c2c34)C2CC3CC(CC7C3)C2)C2CC3CC(C2)CC5C3)cc1. The van der Waals surface area contributed by atoms with Gasteiger partial charge in [-0.1, -0.05) is 66.7 Å². The number of fused-ring (bicyclic) bond motifs is 6. The maximum atomic E-state index is 5.54. The van der Waals surface area contributed by atoms with Gasteiger partial charge in [0.05, 0.1) is 22.7 Å². The molecule has 0 spiro atoms. The van der Waals surface area contributed by atoms with Crippen LogP contribution in [0.3, 0.4) is 0 Å². The third-order valence-electron chi connectivity index (χ3n) is 15.0. The lowest BCUT2D eigenvalue weighted by molar-refractivity contribution is 0.165. The van der Waals surface area contributed by atoms with Crippen molar-refractivity contribution in [1.82, 2.24) is 9.38 Å². The van der Waals surface area contributed by atoms with Crippen LogP contribution in [0.1, 0.15) is 110 Å². The van der Waals surface area contributed by atoms with Crippen molar-refractivity contribution in [2.75, 3.05) is 0 Å². The lowest BCUT2D eigenvalue weighted by atomic mass is 9.67. The maximum Gasteiger partial charge on any atom is 0.0728 e. The van der Waals surface area contributed by atoms with Gasteiger partial charge in [0.1, 0.15) is 0 Å². The maximum absolute atomic E-state index is 5.54. The summed E-state index contributed by atoms with van der Waals surface area (Å²) in [5.41, 5.74) is 16.3. The topological polar surface area (TPSA) is 17.3 Å². The summed E-state index contributed by atoms with van der Waals surface area (Å²) in [5, 5.41) is 6.13. The van der Waals surface area contributed by atoms with E-state index in [1.165, 1.54) is 119 Å². The second-order valence-corrected chi connectivity index (χ2v) is 17.5. The van der Waals surface area contributed by atoms with E-state index < -0.39 is 0 Å². The minimum Gasteiger partial charge on any atom is -0.306 e. The predicted molar refractivity (Wildman–Crippen MR) is 201 cm³/mol. The largest absolute Gasteiger partial charge is 0.306 e. The molecule has 2 heteroatoms. The Labute approximate surface area is 287 Å². The third kappa shape index (κ3) is 3.42. The second-order valence-electron chi connectivity index (χ2n) is 17.5. The van der Waals surface area contributed by atoms with Gasteiger partial charge in [0, 0.05) is 33.2 Å². The number of hydrogen-bond acceptors (Lipinski definition) is 1. The Morgan fingerprint density at radius 1 is 0.469 bits per heavy atom. The summed E-state index contributed by atoms with van der Waals surface area (Å²) < 4.78 is 2.73. The summed E-state index contributed by atoms with van der Waals surface area (Å²) in [6.07, 6.45) is 16.3. The van der Waals surface area contributed by atoms with Crippen molar-refractivity contribution in [3.63, 3.8) is 0 Å². The van der Waals surface area contributed by atoms with Gasteiger partial charge in [-0.15, -0.1) is 0 Å². The highest BCUT2D eigenvalue weighted by Gasteiger charge is 2.46. The highest BCUT2D eigenvalue weighted by Crippen LogP contribution is 2.61. The number of benzene rings is 4. The van der Waals surface area contributed by atoms with Gasteiger partial charge in [-0.2, -0.15) is 0 Å². The molecule has 4 fully saturated rings. The number of hydrogen-bond donors (Lipinski definition) is 0. The normalized spacial score (nSPS) is 30.9. The van der Waals surface area contributed by atoms with Crippen LogP contribution in [0.4, 0.5) is 0 Å². The van der Waals surface area contributed by atoms with Crippen LogP contribution in [0, 0.1) is 23.7 Å². The van der Waals surface area contributed by atoms with Gasteiger partial charge in [0.15, 0.2) is 0 Å². The zero-order valence-electron chi connectivity index (χ0n) is 28.2. The summed E-state index contributed by atoms with van der Waals surface area (Å²) >= 11 is 0. The quantitative estimate of drug-likeness (QED) is 0.185. The Bertz CT molecular complexity index is 2310. The minimum absolute atomic E-state index is 0.633. The summed E-state index contributed by atoms with van der Waals surface area (Å²) in [6, 6.07) is 30.5. The van der Waals surface area contributed by atoms with E-state index in [0.29, 0.717) is 17.8 Å². The highest BCUT2D eigenvalue weighted by molar-refractivity contribution is 6.31. The predicted octanol–water partition coefficient (Wildman–Crippen LogP) is 12.3. The minimum atomic E-state index is 0.633. The van der Waals surface area contributed by atoms with Crippen molar-refractivity contribution >= 4 is 38.1 Å². The Kier molecular flexibility index (Phi) is 5.08. The van der Waals surface area contributed by atoms with E-state index in [0.717, 1.165) is 29.6 Å². The number of nitrogens with zero attached hydrogens (tertiary/aromatic N) is 2. The summed E-state index contributed by atoms with van der Waals surface area (Å²) in [5.74, 6) is 6.26.